The Balaban J connectivity index is 2.30. The van der Waals surface area contributed by atoms with Gasteiger partial charge in [0.15, 0.2) is 5.13 Å². The van der Waals surface area contributed by atoms with Crippen LogP contribution in [0.4, 0.5) is 5.13 Å². The predicted molar refractivity (Wildman–Crippen MR) is 85.9 cm³/mol. The molecule has 1 aromatic heterocycles. The molecule has 0 aliphatic carbocycles. The molecule has 108 valence electrons. The van der Waals surface area contributed by atoms with Gasteiger partial charge in [-0.15, -0.1) is 11.3 Å². The number of hydrogen-bond donors (Lipinski definition) is 1. The number of halogens is 1. The summed E-state index contributed by atoms with van der Waals surface area (Å²) in [6.45, 7) is 5.94. The third kappa shape index (κ3) is 3.39. The Kier molecular flexibility index (Phi) is 4.51. The van der Waals surface area contributed by atoms with Crippen LogP contribution < -0.4 is 4.72 Å². The average Bonchev–Trinajstić information content (AvgIpc) is 2.76. The Hall–Kier alpha value is -0.920. The molecule has 7 heteroatoms. The molecule has 1 aromatic carbocycles. The first-order valence-corrected chi connectivity index (χ1v) is 9.19. The van der Waals surface area contributed by atoms with Crippen LogP contribution in [0.2, 0.25) is 0 Å². The number of aryl methyl sites for hydroxylation is 1. The molecule has 0 saturated carbocycles. The van der Waals surface area contributed by atoms with Crippen molar-refractivity contribution in [3.63, 3.8) is 0 Å². The van der Waals surface area contributed by atoms with E-state index >= 15 is 0 Å². The molecule has 0 aliphatic rings. The minimum atomic E-state index is -3.62. The molecule has 2 aromatic rings. The number of nitrogens with zero attached hydrogens (tertiary/aromatic N) is 1. The molecular formula is C13H15BrN2O2S2. The van der Waals surface area contributed by atoms with Crippen molar-refractivity contribution in [2.75, 3.05) is 4.72 Å². The summed E-state index contributed by atoms with van der Waals surface area (Å²) < 4.78 is 27.7. The highest BCUT2D eigenvalue weighted by molar-refractivity contribution is 9.10. The zero-order chi connectivity index (χ0) is 14.9. The zero-order valence-corrected chi connectivity index (χ0v) is 14.6. The highest BCUT2D eigenvalue weighted by Crippen LogP contribution is 2.27. The summed E-state index contributed by atoms with van der Waals surface area (Å²) in [6, 6.07) is 5.12. The first-order chi connectivity index (χ1) is 9.29. The Morgan fingerprint density at radius 1 is 1.35 bits per heavy atom. The molecule has 0 amide bonds. The summed E-state index contributed by atoms with van der Waals surface area (Å²) in [7, 11) is -3.62. The maximum absolute atomic E-state index is 12.3. The highest BCUT2D eigenvalue weighted by atomic mass is 79.9. The molecule has 20 heavy (non-hydrogen) atoms. The number of aromatic nitrogens is 1. The van der Waals surface area contributed by atoms with Gasteiger partial charge in [0.25, 0.3) is 10.0 Å². The lowest BCUT2D eigenvalue weighted by atomic mass is 10.2. The van der Waals surface area contributed by atoms with Crippen molar-refractivity contribution in [2.24, 2.45) is 0 Å². The molecule has 0 radical (unpaired) electrons. The Bertz CT molecular complexity index is 724. The van der Waals surface area contributed by atoms with Gasteiger partial charge in [0.1, 0.15) is 4.90 Å². The van der Waals surface area contributed by atoms with Crippen molar-refractivity contribution in [1.82, 2.24) is 4.98 Å². The molecular weight excluding hydrogens is 360 g/mol. The van der Waals surface area contributed by atoms with Crippen molar-refractivity contribution >= 4 is 42.4 Å². The monoisotopic (exact) mass is 374 g/mol. The second-order valence-electron chi connectivity index (χ2n) is 4.77. The Morgan fingerprint density at radius 3 is 2.60 bits per heavy atom. The van der Waals surface area contributed by atoms with E-state index in [4.69, 9.17) is 0 Å². The van der Waals surface area contributed by atoms with E-state index in [0.29, 0.717) is 9.60 Å². The van der Waals surface area contributed by atoms with Crippen LogP contribution >= 0.6 is 27.3 Å². The normalized spacial score (nSPS) is 11.8. The van der Waals surface area contributed by atoms with Gasteiger partial charge in [-0.2, -0.15) is 0 Å². The van der Waals surface area contributed by atoms with E-state index < -0.39 is 10.0 Å². The van der Waals surface area contributed by atoms with E-state index in [1.54, 1.807) is 18.2 Å². The Morgan fingerprint density at radius 2 is 2.05 bits per heavy atom. The van der Waals surface area contributed by atoms with Crippen molar-refractivity contribution in [1.29, 1.82) is 0 Å². The van der Waals surface area contributed by atoms with Gasteiger partial charge in [-0.05, 0) is 46.5 Å². The molecule has 1 heterocycles. The van der Waals surface area contributed by atoms with Crippen molar-refractivity contribution in [2.45, 2.75) is 31.6 Å². The van der Waals surface area contributed by atoms with Crippen molar-refractivity contribution < 1.29 is 8.42 Å². The maximum Gasteiger partial charge on any atom is 0.264 e. The molecule has 4 nitrogen and oxygen atoms in total. The van der Waals surface area contributed by atoms with E-state index in [-0.39, 0.29) is 10.8 Å². The molecule has 0 bridgehead atoms. The fraction of sp³-hybridized carbons (Fsp3) is 0.308. The summed E-state index contributed by atoms with van der Waals surface area (Å²) in [5, 5.41) is 2.26. The summed E-state index contributed by atoms with van der Waals surface area (Å²) in [5.74, 6) is 0.274. The van der Waals surface area contributed by atoms with Gasteiger partial charge in [0.05, 0.1) is 5.69 Å². The van der Waals surface area contributed by atoms with Crippen LogP contribution in [-0.4, -0.2) is 13.4 Å². The standard InChI is InChI=1S/C13H15BrN2O2S2/c1-8(2)11-7-19-13(15-11)16-20(17,18)12-5-4-9(3)6-10(12)14/h4-8H,1-3H3,(H,15,16). The van der Waals surface area contributed by atoms with Crippen LogP contribution in [0.5, 0.6) is 0 Å². The summed E-state index contributed by atoms with van der Waals surface area (Å²) >= 11 is 4.58. The predicted octanol–water partition coefficient (Wildman–Crippen LogP) is 4.14. The number of nitrogens with one attached hydrogen (secondary N) is 1. The van der Waals surface area contributed by atoms with Crippen molar-refractivity contribution in [3.8, 4) is 0 Å². The van der Waals surface area contributed by atoms with E-state index in [2.05, 4.69) is 25.6 Å². The lowest BCUT2D eigenvalue weighted by Gasteiger charge is -2.08. The summed E-state index contributed by atoms with van der Waals surface area (Å²) in [5.41, 5.74) is 1.88. The summed E-state index contributed by atoms with van der Waals surface area (Å²) in [6.07, 6.45) is 0. The van der Waals surface area contributed by atoms with Gasteiger partial charge in [-0.3, -0.25) is 4.72 Å². The number of anilines is 1. The van der Waals surface area contributed by atoms with Gasteiger partial charge in [-0.25, -0.2) is 13.4 Å². The smallest absolute Gasteiger partial charge is 0.255 e. The SMILES string of the molecule is Cc1ccc(S(=O)(=O)Nc2nc(C(C)C)cs2)c(Br)c1. The van der Waals surface area contributed by atoms with Gasteiger partial charge < -0.3 is 0 Å². The second kappa shape index (κ2) is 5.83. The molecule has 1 N–H and O–H groups in total. The average molecular weight is 375 g/mol. The molecule has 0 unspecified atom stereocenters. The number of thiazole rings is 1. The van der Waals surface area contributed by atoms with E-state index in [9.17, 15) is 8.42 Å². The van der Waals surface area contributed by atoms with Crippen LogP contribution in [0.15, 0.2) is 32.9 Å². The molecule has 0 saturated heterocycles. The van der Waals surface area contributed by atoms with E-state index in [0.717, 1.165) is 11.3 Å². The quantitative estimate of drug-likeness (QED) is 0.874. The molecule has 0 aliphatic heterocycles. The minimum Gasteiger partial charge on any atom is -0.255 e. The van der Waals surface area contributed by atoms with Crippen LogP contribution in [0.3, 0.4) is 0 Å². The first kappa shape index (κ1) is 15.5. The Labute approximate surface area is 131 Å². The maximum atomic E-state index is 12.3. The van der Waals surface area contributed by atoms with E-state index in [1.807, 2.05) is 26.2 Å². The summed E-state index contributed by atoms with van der Waals surface area (Å²) in [4.78, 5) is 4.49. The zero-order valence-electron chi connectivity index (χ0n) is 11.3. The fourth-order valence-electron chi connectivity index (χ4n) is 1.59. The molecule has 2 rings (SSSR count). The lowest BCUT2D eigenvalue weighted by molar-refractivity contribution is 0.600. The van der Waals surface area contributed by atoms with Gasteiger partial charge >= 0.3 is 0 Å². The van der Waals surface area contributed by atoms with E-state index in [1.165, 1.54) is 11.3 Å². The third-order valence-corrected chi connectivity index (χ3v) is 5.93. The molecule has 0 fully saturated rings. The topological polar surface area (TPSA) is 59.1 Å². The second-order valence-corrected chi connectivity index (χ2v) is 8.13. The van der Waals surface area contributed by atoms with Crippen LogP contribution in [0.25, 0.3) is 0 Å². The molecule has 0 spiro atoms. The van der Waals surface area contributed by atoms with Gasteiger partial charge in [0.2, 0.25) is 0 Å². The number of benzene rings is 1. The van der Waals surface area contributed by atoms with Gasteiger partial charge in [0, 0.05) is 9.85 Å². The van der Waals surface area contributed by atoms with Crippen LogP contribution in [0.1, 0.15) is 31.0 Å². The number of rotatable bonds is 4. The third-order valence-electron chi connectivity index (χ3n) is 2.71. The first-order valence-electron chi connectivity index (χ1n) is 6.04. The van der Waals surface area contributed by atoms with Crippen molar-refractivity contribution in [3.05, 3.63) is 39.3 Å². The number of hydrogen-bond acceptors (Lipinski definition) is 4. The largest absolute Gasteiger partial charge is 0.264 e. The lowest BCUT2D eigenvalue weighted by Crippen LogP contribution is -2.13. The highest BCUT2D eigenvalue weighted by Gasteiger charge is 2.19. The van der Waals surface area contributed by atoms with Gasteiger partial charge in [-0.1, -0.05) is 19.9 Å². The van der Waals surface area contributed by atoms with Crippen LogP contribution in [-0.2, 0) is 10.0 Å². The minimum absolute atomic E-state index is 0.212. The number of sulfonamides is 1. The fourth-order valence-corrected chi connectivity index (χ4v) is 4.91. The molecule has 0 atom stereocenters. The van der Waals surface area contributed by atoms with Crippen LogP contribution in [0, 0.1) is 6.92 Å².